The van der Waals surface area contributed by atoms with E-state index in [-0.39, 0.29) is 0 Å². The van der Waals surface area contributed by atoms with Gasteiger partial charge in [-0.2, -0.15) is 0 Å². The smallest absolute Gasteiger partial charge is 0.0710 e. The Kier molecular flexibility index (Phi) is 5.74. The van der Waals surface area contributed by atoms with Crippen LogP contribution >= 0.6 is 0 Å². The quantitative estimate of drug-likeness (QED) is 0.255. The zero-order valence-electron chi connectivity index (χ0n) is 22.6. The van der Waals surface area contributed by atoms with Crippen molar-refractivity contribution in [1.82, 2.24) is 15.3 Å². The van der Waals surface area contributed by atoms with Crippen molar-refractivity contribution < 1.29 is 0 Å². The van der Waals surface area contributed by atoms with Gasteiger partial charge >= 0.3 is 0 Å². The van der Waals surface area contributed by atoms with E-state index in [1.165, 1.54) is 39.1 Å². The first-order valence-electron chi connectivity index (χ1n) is 14.4. The van der Waals surface area contributed by atoms with E-state index in [0.717, 1.165) is 28.9 Å². The summed E-state index contributed by atoms with van der Waals surface area (Å²) in [6, 6.07) is 39.1. The fourth-order valence-corrected chi connectivity index (χ4v) is 6.72. The molecule has 3 heteroatoms. The molecule has 196 valence electrons. The highest BCUT2D eigenvalue weighted by Crippen LogP contribution is 2.49. The molecule has 2 aromatic heterocycles. The molecule has 0 bridgehead atoms. The van der Waals surface area contributed by atoms with Crippen molar-refractivity contribution in [3.63, 3.8) is 0 Å². The highest BCUT2D eigenvalue weighted by Gasteiger charge is 2.39. The summed E-state index contributed by atoms with van der Waals surface area (Å²) in [5, 5.41) is 3.93. The van der Waals surface area contributed by atoms with E-state index >= 15 is 0 Å². The van der Waals surface area contributed by atoms with Crippen LogP contribution in [0.1, 0.15) is 34.6 Å². The minimum absolute atomic E-state index is 0.312. The van der Waals surface area contributed by atoms with Crippen LogP contribution in [0.15, 0.2) is 139 Å². The lowest BCUT2D eigenvalue weighted by molar-refractivity contribution is 0.455. The Balaban J connectivity index is 1.19. The van der Waals surface area contributed by atoms with Crippen LogP contribution in [0.5, 0.6) is 0 Å². The van der Waals surface area contributed by atoms with Gasteiger partial charge in [-0.15, -0.1) is 0 Å². The van der Waals surface area contributed by atoms with Crippen molar-refractivity contribution in [3.05, 3.63) is 162 Å². The molecule has 3 heterocycles. The third kappa shape index (κ3) is 4.22. The number of pyridine rings is 2. The lowest BCUT2D eigenvalue weighted by Gasteiger charge is -2.35. The molecule has 1 N–H and O–H groups in total. The fraction of sp³-hybridized carbons (Fsp3) is 0.105. The van der Waals surface area contributed by atoms with Gasteiger partial charge < -0.3 is 5.32 Å². The molecule has 5 aromatic rings. The second-order valence-corrected chi connectivity index (χ2v) is 11.1. The van der Waals surface area contributed by atoms with Gasteiger partial charge in [0.2, 0.25) is 0 Å². The first kappa shape index (κ1) is 23.8. The van der Waals surface area contributed by atoms with Gasteiger partial charge in [-0.05, 0) is 70.5 Å². The summed E-state index contributed by atoms with van der Waals surface area (Å²) in [4.78, 5) is 9.14. The Labute approximate surface area is 240 Å². The third-order valence-corrected chi connectivity index (χ3v) is 8.68. The Morgan fingerprint density at radius 2 is 1.39 bits per heavy atom. The molecule has 41 heavy (non-hydrogen) atoms. The van der Waals surface area contributed by atoms with Crippen LogP contribution in [0, 0.1) is 5.92 Å². The van der Waals surface area contributed by atoms with Gasteiger partial charge in [0.15, 0.2) is 0 Å². The summed E-state index contributed by atoms with van der Waals surface area (Å²) in [5.74, 6) is 0.817. The molecule has 3 atom stereocenters. The standard InChI is InChI=1S/C38H29N3/c1-3-8-26(9-4-1)37-33-24-32-29(23-36(33)41-38(37)27-10-5-2-6-11-27)15-14-28-22-30(16-17-31(28)32)35-13-7-12-34(40-35)25-18-20-39-21-19-25/h1-22,24,29,32,36,41H,23H2. The van der Waals surface area contributed by atoms with E-state index < -0.39 is 0 Å². The van der Waals surface area contributed by atoms with Crippen molar-refractivity contribution in [2.45, 2.75) is 18.4 Å². The Morgan fingerprint density at radius 3 is 2.17 bits per heavy atom. The van der Waals surface area contributed by atoms with Gasteiger partial charge in [-0.3, -0.25) is 4.98 Å². The molecule has 0 radical (unpaired) electrons. The second kappa shape index (κ2) is 9.87. The van der Waals surface area contributed by atoms with Crippen molar-refractivity contribution in [2.75, 3.05) is 0 Å². The Bertz CT molecular complexity index is 1840. The van der Waals surface area contributed by atoms with Crippen molar-refractivity contribution in [3.8, 4) is 22.5 Å². The van der Waals surface area contributed by atoms with Gasteiger partial charge in [0.25, 0.3) is 0 Å². The van der Waals surface area contributed by atoms with Gasteiger partial charge in [0, 0.05) is 35.0 Å². The molecule has 3 unspecified atom stereocenters. The minimum Gasteiger partial charge on any atom is -0.377 e. The molecular weight excluding hydrogens is 498 g/mol. The molecule has 0 saturated carbocycles. The average Bonchev–Trinajstić information content (AvgIpc) is 3.43. The second-order valence-electron chi connectivity index (χ2n) is 11.1. The zero-order chi connectivity index (χ0) is 27.2. The number of aromatic nitrogens is 2. The van der Waals surface area contributed by atoms with Crippen LogP contribution in [0.3, 0.4) is 0 Å². The van der Waals surface area contributed by atoms with Crippen LogP contribution in [-0.4, -0.2) is 16.0 Å². The minimum atomic E-state index is 0.312. The number of allylic oxidation sites excluding steroid dienone is 2. The molecule has 3 nitrogen and oxygen atoms in total. The Morgan fingerprint density at radius 1 is 0.659 bits per heavy atom. The number of hydrogen-bond acceptors (Lipinski definition) is 3. The normalized spacial score (nSPS) is 20.5. The summed E-state index contributed by atoms with van der Waals surface area (Å²) in [6.07, 6.45) is 12.0. The van der Waals surface area contributed by atoms with Gasteiger partial charge in [-0.1, -0.05) is 97.1 Å². The molecule has 0 amide bonds. The van der Waals surface area contributed by atoms with Crippen molar-refractivity contribution >= 4 is 17.3 Å². The van der Waals surface area contributed by atoms with E-state index in [4.69, 9.17) is 4.98 Å². The summed E-state index contributed by atoms with van der Waals surface area (Å²) < 4.78 is 0. The number of nitrogens with zero attached hydrogens (tertiary/aromatic N) is 2. The van der Waals surface area contributed by atoms with Gasteiger partial charge in [0.1, 0.15) is 0 Å². The summed E-state index contributed by atoms with van der Waals surface area (Å²) in [6.45, 7) is 0. The largest absolute Gasteiger partial charge is 0.377 e. The van der Waals surface area contributed by atoms with E-state index in [1.807, 2.05) is 24.5 Å². The van der Waals surface area contributed by atoms with Crippen molar-refractivity contribution in [1.29, 1.82) is 0 Å². The van der Waals surface area contributed by atoms with E-state index in [9.17, 15) is 0 Å². The topological polar surface area (TPSA) is 37.8 Å². The molecule has 1 aliphatic heterocycles. The maximum atomic E-state index is 4.99. The molecule has 2 aliphatic carbocycles. The number of nitrogens with one attached hydrogen (secondary N) is 1. The number of rotatable bonds is 4. The van der Waals surface area contributed by atoms with E-state index in [2.05, 4.69) is 126 Å². The predicted octanol–water partition coefficient (Wildman–Crippen LogP) is 8.41. The summed E-state index contributed by atoms with van der Waals surface area (Å²) >= 11 is 0. The zero-order valence-corrected chi connectivity index (χ0v) is 22.6. The lowest BCUT2D eigenvalue weighted by atomic mass is 9.70. The highest BCUT2D eigenvalue weighted by atomic mass is 15.0. The molecule has 0 saturated heterocycles. The number of benzene rings is 3. The first-order chi connectivity index (χ1) is 20.3. The number of fused-ring (bicyclic) bond motifs is 4. The van der Waals surface area contributed by atoms with Crippen molar-refractivity contribution in [2.24, 2.45) is 5.92 Å². The first-order valence-corrected chi connectivity index (χ1v) is 14.4. The van der Waals surface area contributed by atoms with Crippen LogP contribution < -0.4 is 5.32 Å². The van der Waals surface area contributed by atoms with Crippen LogP contribution in [-0.2, 0) is 0 Å². The SMILES string of the molecule is C1=CC2CC3NC(c4ccccc4)=C(c4ccccc4)C3=CC2c2ccc(-c3cccc(-c4ccncc4)n3)cc21. The molecule has 3 aliphatic rings. The van der Waals surface area contributed by atoms with E-state index in [1.54, 1.807) is 0 Å². The van der Waals surface area contributed by atoms with E-state index in [0.29, 0.717) is 17.9 Å². The van der Waals surface area contributed by atoms with Crippen LogP contribution in [0.4, 0.5) is 0 Å². The Hall–Kier alpha value is -5.02. The van der Waals surface area contributed by atoms with Gasteiger partial charge in [-0.25, -0.2) is 4.98 Å². The third-order valence-electron chi connectivity index (χ3n) is 8.68. The fourth-order valence-electron chi connectivity index (χ4n) is 6.72. The van der Waals surface area contributed by atoms with Gasteiger partial charge in [0.05, 0.1) is 23.1 Å². The molecule has 3 aromatic carbocycles. The maximum Gasteiger partial charge on any atom is 0.0710 e. The molecule has 0 spiro atoms. The monoisotopic (exact) mass is 527 g/mol. The molecular formula is C38H29N3. The summed E-state index contributed by atoms with van der Waals surface area (Å²) in [5.41, 5.74) is 13.4. The maximum absolute atomic E-state index is 4.99. The average molecular weight is 528 g/mol. The highest BCUT2D eigenvalue weighted by molar-refractivity contribution is 6.01. The predicted molar refractivity (Wildman–Crippen MR) is 167 cm³/mol. The number of hydrogen-bond donors (Lipinski definition) is 1. The molecule has 8 rings (SSSR count). The summed E-state index contributed by atoms with van der Waals surface area (Å²) in [7, 11) is 0. The van der Waals surface area contributed by atoms with Crippen LogP contribution in [0.25, 0.3) is 39.9 Å². The lowest BCUT2D eigenvalue weighted by Crippen LogP contribution is -2.32. The molecule has 0 fully saturated rings. The van der Waals surface area contributed by atoms with Crippen LogP contribution in [0.2, 0.25) is 0 Å².